The maximum atomic E-state index is 6.24. The van der Waals surface area contributed by atoms with Crippen LogP contribution in [0, 0.1) is 0 Å². The van der Waals surface area contributed by atoms with Gasteiger partial charge in [-0.25, -0.2) is 0 Å². The van der Waals surface area contributed by atoms with Crippen molar-refractivity contribution >= 4 is 27.5 Å². The van der Waals surface area contributed by atoms with E-state index in [1.165, 1.54) is 11.1 Å². The number of benzene rings is 2. The fraction of sp³-hybridized carbons (Fsp3) is 0.250. The Labute approximate surface area is 127 Å². The molecule has 0 amide bonds. The molecule has 0 radical (unpaired) electrons. The van der Waals surface area contributed by atoms with Gasteiger partial charge in [0, 0.05) is 9.50 Å². The topological polar surface area (TPSA) is 26.0 Å². The summed E-state index contributed by atoms with van der Waals surface area (Å²) in [7, 11) is 0. The third-order valence-electron chi connectivity index (χ3n) is 3.33. The summed E-state index contributed by atoms with van der Waals surface area (Å²) in [6.45, 7) is 0.665. The minimum absolute atomic E-state index is 0.390. The largest absolute Gasteiger partial charge is 0.330 e. The number of nitrogens with two attached hydrogens (primary N) is 1. The van der Waals surface area contributed by atoms with Gasteiger partial charge in [0.1, 0.15) is 0 Å². The van der Waals surface area contributed by atoms with E-state index in [1.807, 2.05) is 18.2 Å². The van der Waals surface area contributed by atoms with Gasteiger partial charge in [-0.05, 0) is 48.6 Å². The van der Waals surface area contributed by atoms with E-state index in [9.17, 15) is 0 Å². The van der Waals surface area contributed by atoms with E-state index >= 15 is 0 Å². The van der Waals surface area contributed by atoms with Gasteiger partial charge in [-0.3, -0.25) is 0 Å². The Morgan fingerprint density at radius 1 is 1.11 bits per heavy atom. The first-order valence-electron chi connectivity index (χ1n) is 6.39. The molecule has 0 bridgehead atoms. The highest BCUT2D eigenvalue weighted by Gasteiger charge is 2.10. The molecular formula is C16H17BrClN. The summed E-state index contributed by atoms with van der Waals surface area (Å²) in [4.78, 5) is 0. The Morgan fingerprint density at radius 2 is 1.84 bits per heavy atom. The molecule has 1 unspecified atom stereocenters. The molecule has 2 N–H and O–H groups in total. The maximum Gasteiger partial charge on any atom is 0.0449 e. The summed E-state index contributed by atoms with van der Waals surface area (Å²) >= 11 is 9.66. The molecule has 0 aliphatic heterocycles. The van der Waals surface area contributed by atoms with Crippen molar-refractivity contribution < 1.29 is 0 Å². The summed E-state index contributed by atoms with van der Waals surface area (Å²) in [5.74, 6) is 0.390. The Hall–Kier alpha value is -0.830. The van der Waals surface area contributed by atoms with Crippen molar-refractivity contribution in [3.63, 3.8) is 0 Å². The first-order chi connectivity index (χ1) is 9.20. The van der Waals surface area contributed by atoms with Gasteiger partial charge < -0.3 is 5.73 Å². The Kier molecular flexibility index (Phi) is 5.44. The molecule has 0 aliphatic carbocycles. The molecule has 1 nitrogen and oxygen atoms in total. The molecule has 0 aromatic heterocycles. The third kappa shape index (κ3) is 4.07. The van der Waals surface area contributed by atoms with Crippen LogP contribution in [0.15, 0.2) is 53.0 Å². The summed E-state index contributed by atoms with van der Waals surface area (Å²) in [5, 5.41) is 0.818. The highest BCUT2D eigenvalue weighted by Crippen LogP contribution is 2.26. The summed E-state index contributed by atoms with van der Waals surface area (Å²) in [6, 6.07) is 16.5. The molecular weight excluding hydrogens is 322 g/mol. The van der Waals surface area contributed by atoms with E-state index in [0.717, 1.165) is 22.3 Å². The quantitative estimate of drug-likeness (QED) is 0.834. The summed E-state index contributed by atoms with van der Waals surface area (Å²) in [6.07, 6.45) is 1.96. The van der Waals surface area contributed by atoms with Crippen LogP contribution in [0.25, 0.3) is 0 Å². The minimum Gasteiger partial charge on any atom is -0.330 e. The molecule has 0 saturated heterocycles. The van der Waals surface area contributed by atoms with Crippen LogP contribution in [0.1, 0.15) is 23.5 Å². The van der Waals surface area contributed by atoms with Crippen molar-refractivity contribution in [2.45, 2.75) is 18.8 Å². The smallest absolute Gasteiger partial charge is 0.0449 e. The Bertz CT molecular complexity index is 528. The van der Waals surface area contributed by atoms with E-state index in [1.54, 1.807) is 0 Å². The van der Waals surface area contributed by atoms with Gasteiger partial charge in [0.05, 0.1) is 0 Å². The van der Waals surface area contributed by atoms with Crippen LogP contribution in [-0.2, 0) is 6.42 Å². The van der Waals surface area contributed by atoms with E-state index in [0.29, 0.717) is 12.5 Å². The third-order valence-corrected chi connectivity index (χ3v) is 4.18. The zero-order chi connectivity index (χ0) is 13.7. The summed E-state index contributed by atoms with van der Waals surface area (Å²) < 4.78 is 1.01. The molecule has 2 aromatic rings. The average Bonchev–Trinajstić information content (AvgIpc) is 2.43. The van der Waals surface area contributed by atoms with Crippen molar-refractivity contribution in [1.29, 1.82) is 0 Å². The van der Waals surface area contributed by atoms with Gasteiger partial charge in [0.25, 0.3) is 0 Å². The number of aryl methyl sites for hydroxylation is 1. The molecule has 0 fully saturated rings. The summed E-state index contributed by atoms with van der Waals surface area (Å²) in [5.41, 5.74) is 8.37. The lowest BCUT2D eigenvalue weighted by Crippen LogP contribution is -2.13. The van der Waals surface area contributed by atoms with E-state index in [-0.39, 0.29) is 0 Å². The van der Waals surface area contributed by atoms with Gasteiger partial charge >= 0.3 is 0 Å². The van der Waals surface area contributed by atoms with Gasteiger partial charge in [-0.2, -0.15) is 0 Å². The predicted octanol–water partition coefficient (Wildman–Crippen LogP) is 4.78. The van der Waals surface area contributed by atoms with Gasteiger partial charge in [-0.1, -0.05) is 63.9 Å². The number of halogens is 2. The predicted molar refractivity (Wildman–Crippen MR) is 85.7 cm³/mol. The highest BCUT2D eigenvalue weighted by molar-refractivity contribution is 9.10. The highest BCUT2D eigenvalue weighted by atomic mass is 79.9. The average molecular weight is 339 g/mol. The van der Waals surface area contributed by atoms with Crippen LogP contribution < -0.4 is 5.73 Å². The second kappa shape index (κ2) is 7.09. The second-order valence-corrected chi connectivity index (χ2v) is 5.94. The van der Waals surface area contributed by atoms with Crippen LogP contribution in [0.3, 0.4) is 0 Å². The standard InChI is InChI=1S/C16H17BrClN/c17-15-9-8-13(16(18)10-15)6-7-14(11-19)12-4-2-1-3-5-12/h1-5,8-10,14H,6-7,11,19H2. The molecule has 3 heteroatoms. The lowest BCUT2D eigenvalue weighted by molar-refractivity contribution is 0.634. The van der Waals surface area contributed by atoms with Gasteiger partial charge in [-0.15, -0.1) is 0 Å². The van der Waals surface area contributed by atoms with Crippen molar-refractivity contribution in [1.82, 2.24) is 0 Å². The SMILES string of the molecule is NCC(CCc1ccc(Br)cc1Cl)c1ccccc1. The normalized spacial score (nSPS) is 12.4. The monoisotopic (exact) mass is 337 g/mol. The second-order valence-electron chi connectivity index (χ2n) is 4.62. The zero-order valence-electron chi connectivity index (χ0n) is 10.7. The molecule has 0 aliphatic rings. The number of hydrogen-bond donors (Lipinski definition) is 1. The minimum atomic E-state index is 0.390. The first kappa shape index (κ1) is 14.6. The van der Waals surface area contributed by atoms with Crippen molar-refractivity contribution in [3.8, 4) is 0 Å². The van der Waals surface area contributed by atoms with Crippen LogP contribution >= 0.6 is 27.5 Å². The van der Waals surface area contributed by atoms with Crippen LogP contribution in [0.2, 0.25) is 5.02 Å². The fourth-order valence-corrected chi connectivity index (χ4v) is 2.97. The maximum absolute atomic E-state index is 6.24. The van der Waals surface area contributed by atoms with Crippen LogP contribution in [-0.4, -0.2) is 6.54 Å². The van der Waals surface area contributed by atoms with Gasteiger partial charge in [0.15, 0.2) is 0 Å². The first-order valence-corrected chi connectivity index (χ1v) is 7.56. The number of hydrogen-bond acceptors (Lipinski definition) is 1. The molecule has 0 heterocycles. The van der Waals surface area contributed by atoms with Crippen LogP contribution in [0.5, 0.6) is 0 Å². The lowest BCUT2D eigenvalue weighted by Gasteiger charge is -2.15. The van der Waals surface area contributed by atoms with E-state index < -0.39 is 0 Å². The van der Waals surface area contributed by atoms with Crippen molar-refractivity contribution in [3.05, 3.63) is 69.2 Å². The molecule has 2 rings (SSSR count). The lowest BCUT2D eigenvalue weighted by atomic mass is 9.92. The molecule has 1 atom stereocenters. The van der Waals surface area contributed by atoms with E-state index in [4.69, 9.17) is 17.3 Å². The fourth-order valence-electron chi connectivity index (χ4n) is 2.20. The van der Waals surface area contributed by atoms with Crippen molar-refractivity contribution in [2.24, 2.45) is 5.73 Å². The van der Waals surface area contributed by atoms with Crippen LogP contribution in [0.4, 0.5) is 0 Å². The molecule has 19 heavy (non-hydrogen) atoms. The molecule has 0 saturated carbocycles. The molecule has 100 valence electrons. The molecule has 2 aromatic carbocycles. The van der Waals surface area contributed by atoms with E-state index in [2.05, 4.69) is 46.3 Å². The Balaban J connectivity index is 2.04. The molecule has 0 spiro atoms. The Morgan fingerprint density at radius 3 is 2.47 bits per heavy atom. The van der Waals surface area contributed by atoms with Gasteiger partial charge in [0.2, 0.25) is 0 Å². The zero-order valence-corrected chi connectivity index (χ0v) is 13.0. The van der Waals surface area contributed by atoms with Crippen molar-refractivity contribution in [2.75, 3.05) is 6.54 Å². The number of rotatable bonds is 5.